The second-order valence-electron chi connectivity index (χ2n) is 16.9. The molecule has 4 saturated heterocycles. The molecule has 3 atom stereocenters. The summed E-state index contributed by atoms with van der Waals surface area (Å²) in [6.45, 7) is 16.6. The van der Waals surface area contributed by atoms with Gasteiger partial charge in [-0.2, -0.15) is 0 Å². The molecule has 0 N–H and O–H groups in total. The van der Waals surface area contributed by atoms with E-state index in [4.69, 9.17) is 9.72 Å². The van der Waals surface area contributed by atoms with E-state index in [2.05, 4.69) is 53.6 Å². The molecule has 2 aromatic heterocycles. The number of rotatable bonds is 9. The third kappa shape index (κ3) is 6.15. The van der Waals surface area contributed by atoms with Crippen molar-refractivity contribution in [3.8, 4) is 22.8 Å². The van der Waals surface area contributed by atoms with Gasteiger partial charge in [0, 0.05) is 100 Å². The number of halogens is 1. The highest BCUT2D eigenvalue weighted by Gasteiger charge is 2.54. The van der Waals surface area contributed by atoms with Gasteiger partial charge in [0.25, 0.3) is 5.88 Å². The largest absolute Gasteiger partial charge is 0.434 e. The maximum Gasteiger partial charge on any atom is 0.282 e. The first-order valence-corrected chi connectivity index (χ1v) is 19.1. The second kappa shape index (κ2) is 12.7. The summed E-state index contributed by atoms with van der Waals surface area (Å²) in [7, 11) is 0. The van der Waals surface area contributed by atoms with Crippen LogP contribution < -0.4 is 9.64 Å². The van der Waals surface area contributed by atoms with Crippen LogP contribution in [0.1, 0.15) is 70.3 Å². The monoisotopic (exact) mass is 695 g/mol. The smallest absolute Gasteiger partial charge is 0.282 e. The van der Waals surface area contributed by atoms with Crippen LogP contribution in [0.5, 0.6) is 11.6 Å². The fourth-order valence-electron chi connectivity index (χ4n) is 10.3. The van der Waals surface area contributed by atoms with Crippen LogP contribution in [0.4, 0.5) is 10.2 Å². The molecule has 6 fully saturated rings. The zero-order valence-corrected chi connectivity index (χ0v) is 30.3. The first-order chi connectivity index (χ1) is 24.6. The summed E-state index contributed by atoms with van der Waals surface area (Å²) >= 11 is 0. The molecule has 3 aromatic rings. The molecule has 51 heavy (non-hydrogen) atoms. The minimum Gasteiger partial charge on any atom is -0.434 e. The molecular weight excluding hydrogens is 645 g/mol. The molecule has 0 radical (unpaired) electrons. The third-order valence-corrected chi connectivity index (χ3v) is 12.9. The van der Waals surface area contributed by atoms with Crippen molar-refractivity contribution in [1.29, 1.82) is 0 Å². The van der Waals surface area contributed by atoms with Crippen LogP contribution in [0.3, 0.4) is 0 Å². The van der Waals surface area contributed by atoms with E-state index in [1.807, 2.05) is 6.92 Å². The van der Waals surface area contributed by atoms with E-state index in [9.17, 15) is 9.18 Å². The molecule has 1 amide bonds. The highest BCUT2D eigenvalue weighted by Crippen LogP contribution is 2.50. The Labute approximate surface area is 300 Å². The zero-order chi connectivity index (χ0) is 35.0. The summed E-state index contributed by atoms with van der Waals surface area (Å²) < 4.78 is 21.1. The number of hydrogen-bond donors (Lipinski definition) is 0. The maximum atomic E-state index is 14.7. The van der Waals surface area contributed by atoms with Crippen molar-refractivity contribution < 1.29 is 13.9 Å². The molecule has 9 rings (SSSR count). The first-order valence-electron chi connectivity index (χ1n) is 19.1. The number of fused-ring (bicyclic) bond motifs is 1. The number of likely N-dealkylation sites (tertiary alicyclic amines) is 3. The van der Waals surface area contributed by atoms with Crippen LogP contribution in [0.2, 0.25) is 0 Å². The average Bonchev–Trinajstić information content (AvgIpc) is 3.50. The lowest BCUT2D eigenvalue weighted by atomic mass is 9.68. The molecule has 270 valence electrons. The molecule has 1 aromatic carbocycles. The summed E-state index contributed by atoms with van der Waals surface area (Å²) in [4.78, 5) is 35.6. The fourth-order valence-corrected chi connectivity index (χ4v) is 10.3. The van der Waals surface area contributed by atoms with Gasteiger partial charge in [0.05, 0.1) is 5.69 Å². The highest BCUT2D eigenvalue weighted by atomic mass is 19.1. The van der Waals surface area contributed by atoms with Crippen molar-refractivity contribution in [1.82, 2.24) is 39.8 Å². The van der Waals surface area contributed by atoms with Crippen molar-refractivity contribution in [3.05, 3.63) is 48.1 Å². The van der Waals surface area contributed by atoms with Gasteiger partial charge in [0.1, 0.15) is 23.7 Å². The standard InChI is InChI=1S/C39H50FN9O2/c1-23(2)36(27-11-31(12-27)48-17-28-15-47(25(4)50)16-29(28)18-48)49-20-39(21-49)9-10-46(19-39)37-38(45-43-22-42-37)51-34-8-7-30(40)13-32(34)33-14-41-24(3)44-35(33)26-5-6-26/h7-8,13-14,22-23,26-29,31,36H,5-6,9-12,15-21H2,1-4H3/t27?,28?,29?,31?,36-/m0/s1. The minimum atomic E-state index is -0.342. The Balaban J connectivity index is 0.848. The Morgan fingerprint density at radius 3 is 2.49 bits per heavy atom. The van der Waals surface area contributed by atoms with E-state index in [0.29, 0.717) is 64.6 Å². The number of carbonyl (C=O) groups excluding carboxylic acids is 1. The highest BCUT2D eigenvalue weighted by molar-refractivity contribution is 5.74. The molecule has 6 heterocycles. The van der Waals surface area contributed by atoms with Gasteiger partial charge >= 0.3 is 0 Å². The minimum absolute atomic E-state index is 0.229. The predicted octanol–water partition coefficient (Wildman–Crippen LogP) is 5.17. The van der Waals surface area contributed by atoms with Crippen LogP contribution in [0.15, 0.2) is 30.7 Å². The number of aryl methyl sites for hydroxylation is 1. The number of benzene rings is 1. The van der Waals surface area contributed by atoms with E-state index in [1.54, 1.807) is 19.2 Å². The molecule has 4 aliphatic heterocycles. The molecule has 2 unspecified atom stereocenters. The van der Waals surface area contributed by atoms with Crippen LogP contribution in [-0.4, -0.2) is 110 Å². The van der Waals surface area contributed by atoms with E-state index in [1.165, 1.54) is 31.3 Å². The molecule has 0 bridgehead atoms. The second-order valence-corrected chi connectivity index (χ2v) is 16.9. The third-order valence-electron chi connectivity index (χ3n) is 12.9. The Morgan fingerprint density at radius 2 is 1.78 bits per heavy atom. The SMILES string of the molecule is CC(=O)N1CC2CN(C3CC([C@H](C(C)C)N4CC5(CCN(c6ncnnc6Oc6ccc(F)cc6-c6cnc(C)nc6C6CC6)C5)C4)C3)CC2C1. The number of nitrogens with zero attached hydrogens (tertiary/aromatic N) is 9. The van der Waals surface area contributed by atoms with Crippen molar-refractivity contribution >= 4 is 11.7 Å². The average molecular weight is 696 g/mol. The lowest BCUT2D eigenvalue weighted by Crippen LogP contribution is -2.65. The number of hydrogen-bond acceptors (Lipinski definition) is 10. The predicted molar refractivity (Wildman–Crippen MR) is 191 cm³/mol. The Bertz CT molecular complexity index is 1790. The van der Waals surface area contributed by atoms with Gasteiger partial charge in [-0.05, 0) is 80.9 Å². The van der Waals surface area contributed by atoms with Crippen molar-refractivity contribution in [2.45, 2.75) is 77.8 Å². The van der Waals surface area contributed by atoms with Crippen molar-refractivity contribution in [2.75, 3.05) is 57.3 Å². The molecule has 2 saturated carbocycles. The van der Waals surface area contributed by atoms with Crippen LogP contribution in [-0.2, 0) is 4.79 Å². The number of anilines is 1. The summed E-state index contributed by atoms with van der Waals surface area (Å²) in [5.74, 6) is 5.15. The van der Waals surface area contributed by atoms with Gasteiger partial charge in [0.15, 0.2) is 5.82 Å². The van der Waals surface area contributed by atoms with Crippen LogP contribution in [0, 0.1) is 41.8 Å². The topological polar surface area (TPSA) is 104 Å². The normalized spacial score (nSPS) is 27.9. The lowest BCUT2D eigenvalue weighted by molar-refractivity contribution is -0.128. The van der Waals surface area contributed by atoms with Gasteiger partial charge in [-0.25, -0.2) is 19.3 Å². The van der Waals surface area contributed by atoms with Crippen molar-refractivity contribution in [3.63, 3.8) is 0 Å². The van der Waals surface area contributed by atoms with Gasteiger partial charge in [-0.15, -0.1) is 10.2 Å². The molecule has 12 heteroatoms. The van der Waals surface area contributed by atoms with E-state index >= 15 is 0 Å². The van der Waals surface area contributed by atoms with Crippen molar-refractivity contribution in [2.24, 2.45) is 29.1 Å². The van der Waals surface area contributed by atoms with E-state index in [0.717, 1.165) is 88.8 Å². The van der Waals surface area contributed by atoms with E-state index in [-0.39, 0.29) is 17.1 Å². The molecule has 6 aliphatic rings. The van der Waals surface area contributed by atoms with Gasteiger partial charge < -0.3 is 14.5 Å². The quantitative estimate of drug-likeness (QED) is 0.298. The molecular formula is C39H50FN9O2. The lowest BCUT2D eigenvalue weighted by Gasteiger charge is -2.57. The van der Waals surface area contributed by atoms with Crippen LogP contribution in [0.25, 0.3) is 11.1 Å². The van der Waals surface area contributed by atoms with Crippen LogP contribution >= 0.6 is 0 Å². The summed E-state index contributed by atoms with van der Waals surface area (Å²) in [6.07, 6.45) is 9.11. The first kappa shape index (κ1) is 33.1. The number of aromatic nitrogens is 5. The molecule has 1 spiro atoms. The Hall–Kier alpha value is -3.77. The molecule has 2 aliphatic carbocycles. The Kier molecular flexibility index (Phi) is 8.25. The Morgan fingerprint density at radius 1 is 1.02 bits per heavy atom. The van der Waals surface area contributed by atoms with Gasteiger partial charge in [-0.1, -0.05) is 13.8 Å². The van der Waals surface area contributed by atoms with Gasteiger partial charge in [-0.3, -0.25) is 14.6 Å². The number of ether oxygens (including phenoxy) is 1. The zero-order valence-electron chi connectivity index (χ0n) is 30.3. The summed E-state index contributed by atoms with van der Waals surface area (Å²) in [6, 6.07) is 5.88. The van der Waals surface area contributed by atoms with Gasteiger partial charge in [0.2, 0.25) is 5.91 Å². The number of amides is 1. The van der Waals surface area contributed by atoms with E-state index < -0.39 is 0 Å². The maximum absolute atomic E-state index is 14.7. The summed E-state index contributed by atoms with van der Waals surface area (Å²) in [5.41, 5.74) is 2.59. The summed E-state index contributed by atoms with van der Waals surface area (Å²) in [5, 5.41) is 8.48. The fraction of sp³-hybridized carbons (Fsp3) is 0.641. The number of carbonyl (C=O) groups is 1. The molecule has 11 nitrogen and oxygen atoms in total.